The molecule has 0 radical (unpaired) electrons. The Hall–Kier alpha value is -5.39. The van der Waals surface area contributed by atoms with Gasteiger partial charge in [-0.1, -0.05) is 84.9 Å². The highest BCUT2D eigenvalue weighted by atomic mass is 32.1. The summed E-state index contributed by atoms with van der Waals surface area (Å²) >= 11 is 5.38. The molecular formula is C43H35N3O4S3. The Morgan fingerprint density at radius 3 is 1.81 bits per heavy atom. The first-order chi connectivity index (χ1) is 25.8. The Balaban J connectivity index is 0.977. The molecule has 0 aliphatic rings. The Morgan fingerprint density at radius 2 is 1.15 bits per heavy atom. The molecule has 0 aliphatic heterocycles. The van der Waals surface area contributed by atoms with Gasteiger partial charge in [0.1, 0.15) is 12.1 Å². The Labute approximate surface area is 317 Å². The number of amides is 2. The molecule has 3 aromatic heterocycles. The molecule has 264 valence electrons. The number of nitrogens with two attached hydrogens (primary N) is 1. The third kappa shape index (κ3) is 7.31. The lowest BCUT2D eigenvalue weighted by Gasteiger charge is -2.23. The van der Waals surface area contributed by atoms with Crippen LogP contribution >= 0.6 is 34.0 Å². The van der Waals surface area contributed by atoms with Gasteiger partial charge in [0.2, 0.25) is 11.8 Å². The van der Waals surface area contributed by atoms with E-state index in [0.717, 1.165) is 22.3 Å². The van der Waals surface area contributed by atoms with Gasteiger partial charge in [0.25, 0.3) is 0 Å². The van der Waals surface area contributed by atoms with Gasteiger partial charge < -0.3 is 21.5 Å². The molecule has 0 spiro atoms. The molecular weight excluding hydrogens is 719 g/mol. The Morgan fingerprint density at radius 1 is 0.585 bits per heavy atom. The van der Waals surface area contributed by atoms with Crippen molar-refractivity contribution in [3.05, 3.63) is 143 Å². The van der Waals surface area contributed by atoms with E-state index in [0.29, 0.717) is 0 Å². The lowest BCUT2D eigenvalue weighted by Crippen LogP contribution is -2.55. The van der Waals surface area contributed by atoms with Crippen LogP contribution < -0.4 is 16.4 Å². The van der Waals surface area contributed by atoms with Crippen molar-refractivity contribution in [2.45, 2.75) is 37.4 Å². The van der Waals surface area contributed by atoms with E-state index >= 15 is 0 Å². The number of carbonyl (C=O) groups excluding carboxylic acids is 2. The number of hydrogen-bond donors (Lipinski definition) is 4. The molecule has 5 N–H and O–H groups in total. The van der Waals surface area contributed by atoms with Crippen LogP contribution in [0.15, 0.2) is 127 Å². The predicted octanol–water partition coefficient (Wildman–Crippen LogP) is 8.56. The SMILES string of the molecule is N[C@@H](Cc1ccc(-c2cc3c(ccc4sc5ccc6sccc6c5c43)s2)cc1)C(=O)N[C@H](Cc1ccccc1)C(=O)N[C@@H](Cc1ccccc1)C(=O)O. The van der Waals surface area contributed by atoms with Crippen molar-refractivity contribution in [3.63, 3.8) is 0 Å². The number of nitrogens with one attached hydrogen (secondary N) is 2. The lowest BCUT2D eigenvalue weighted by molar-refractivity contribution is -0.142. The number of rotatable bonds is 12. The second kappa shape index (κ2) is 14.9. The first-order valence-electron chi connectivity index (χ1n) is 17.3. The minimum absolute atomic E-state index is 0.110. The topological polar surface area (TPSA) is 122 Å². The summed E-state index contributed by atoms with van der Waals surface area (Å²) in [4.78, 5) is 40.3. The number of thiophene rings is 3. The average molecular weight is 754 g/mol. The lowest BCUT2D eigenvalue weighted by atomic mass is 10.0. The van der Waals surface area contributed by atoms with E-state index in [1.165, 1.54) is 45.2 Å². The third-order valence-electron chi connectivity index (χ3n) is 9.57. The van der Waals surface area contributed by atoms with Gasteiger partial charge in [-0.2, -0.15) is 0 Å². The number of carbonyl (C=O) groups is 3. The van der Waals surface area contributed by atoms with Crippen molar-refractivity contribution in [3.8, 4) is 10.4 Å². The van der Waals surface area contributed by atoms with E-state index < -0.39 is 35.9 Å². The maximum atomic E-state index is 13.5. The van der Waals surface area contributed by atoms with E-state index in [1.54, 1.807) is 22.7 Å². The van der Waals surface area contributed by atoms with Gasteiger partial charge in [-0.15, -0.1) is 34.0 Å². The van der Waals surface area contributed by atoms with Crippen LogP contribution in [-0.2, 0) is 33.6 Å². The van der Waals surface area contributed by atoms with Crippen LogP contribution in [0.2, 0.25) is 0 Å². The monoisotopic (exact) mass is 753 g/mol. The highest BCUT2D eigenvalue weighted by Gasteiger charge is 2.28. The third-order valence-corrected chi connectivity index (χ3v) is 12.7. The van der Waals surface area contributed by atoms with Gasteiger partial charge in [-0.05, 0) is 70.5 Å². The molecule has 3 heterocycles. The number of carboxylic acids is 1. The van der Waals surface area contributed by atoms with E-state index in [2.05, 4.69) is 64.5 Å². The van der Waals surface area contributed by atoms with Gasteiger partial charge >= 0.3 is 5.97 Å². The summed E-state index contributed by atoms with van der Waals surface area (Å²) < 4.78 is 5.13. The zero-order chi connectivity index (χ0) is 36.5. The van der Waals surface area contributed by atoms with E-state index in [4.69, 9.17) is 5.73 Å². The summed E-state index contributed by atoms with van der Waals surface area (Å²) in [7, 11) is 0. The molecule has 8 rings (SSSR count). The zero-order valence-electron chi connectivity index (χ0n) is 28.5. The standard InChI is InChI=1S/C43H35N3O4S3/c44-31(41(47)45-32(22-25-7-3-1-4-8-25)42(48)46-33(43(49)50)23-26-9-5-2-6-10-26)21-27-11-13-28(14-12-27)38-24-30-35(52-38)16-18-37-40(30)39-29-19-20-51-34(29)15-17-36(39)53-37/h1-20,24,31-33H,21-23,44H2,(H,45,47)(H,46,48)(H,49,50)/t31-,32+,33-/m0/s1. The summed E-state index contributed by atoms with van der Waals surface area (Å²) in [6, 6.07) is 36.8. The van der Waals surface area contributed by atoms with Crippen molar-refractivity contribution < 1.29 is 19.5 Å². The first kappa shape index (κ1) is 34.7. The summed E-state index contributed by atoms with van der Waals surface area (Å²) in [6.07, 6.45) is 0.555. The van der Waals surface area contributed by atoms with E-state index in [-0.39, 0.29) is 19.3 Å². The maximum Gasteiger partial charge on any atom is 0.326 e. The smallest absolute Gasteiger partial charge is 0.326 e. The molecule has 0 aliphatic carbocycles. The zero-order valence-corrected chi connectivity index (χ0v) is 30.9. The minimum atomic E-state index is -1.17. The van der Waals surface area contributed by atoms with Crippen LogP contribution in [-0.4, -0.2) is 41.0 Å². The summed E-state index contributed by atoms with van der Waals surface area (Å²) in [5.74, 6) is -2.23. The number of benzene rings is 5. The largest absolute Gasteiger partial charge is 0.480 e. The predicted molar refractivity (Wildman–Crippen MR) is 219 cm³/mol. The van der Waals surface area contributed by atoms with Crippen molar-refractivity contribution >= 4 is 92.1 Å². The maximum absolute atomic E-state index is 13.5. The molecule has 0 unspecified atom stereocenters. The van der Waals surface area contributed by atoms with Crippen LogP contribution in [0, 0.1) is 0 Å². The second-order valence-corrected chi connectivity index (χ2v) is 16.3. The van der Waals surface area contributed by atoms with Crippen molar-refractivity contribution in [2.24, 2.45) is 5.73 Å². The van der Waals surface area contributed by atoms with Gasteiger partial charge in [0.15, 0.2) is 0 Å². The molecule has 0 saturated carbocycles. The first-order valence-corrected chi connectivity index (χ1v) is 19.8. The van der Waals surface area contributed by atoms with E-state index in [1.807, 2.05) is 84.1 Å². The fourth-order valence-electron chi connectivity index (χ4n) is 6.87. The molecule has 7 nitrogen and oxygen atoms in total. The summed E-state index contributed by atoms with van der Waals surface area (Å²) in [5, 5.41) is 22.7. The fourth-order valence-corrected chi connectivity index (χ4v) is 9.88. The number of hydrogen-bond acceptors (Lipinski definition) is 7. The summed E-state index contributed by atoms with van der Waals surface area (Å²) in [6.45, 7) is 0. The molecule has 3 atom stereocenters. The van der Waals surface area contributed by atoms with Crippen LogP contribution in [0.4, 0.5) is 0 Å². The fraction of sp³-hybridized carbons (Fsp3) is 0.140. The molecule has 0 bridgehead atoms. The summed E-state index contributed by atoms with van der Waals surface area (Å²) in [5.41, 5.74) is 10.0. The normalized spacial score (nSPS) is 13.3. The Bertz CT molecular complexity index is 2590. The van der Waals surface area contributed by atoms with E-state index in [9.17, 15) is 19.5 Å². The van der Waals surface area contributed by atoms with Gasteiger partial charge in [0.05, 0.1) is 6.04 Å². The number of carboxylic acid groups (broad SMARTS) is 1. The van der Waals surface area contributed by atoms with Crippen LogP contribution in [0.25, 0.3) is 50.8 Å². The number of aliphatic carboxylic acids is 1. The van der Waals surface area contributed by atoms with Crippen LogP contribution in [0.5, 0.6) is 0 Å². The molecule has 10 heteroatoms. The molecule has 53 heavy (non-hydrogen) atoms. The molecule has 0 saturated heterocycles. The van der Waals surface area contributed by atoms with Crippen molar-refractivity contribution in [2.75, 3.05) is 0 Å². The van der Waals surface area contributed by atoms with Crippen molar-refractivity contribution in [1.29, 1.82) is 0 Å². The molecule has 0 fully saturated rings. The quantitative estimate of drug-likeness (QED) is 0.0997. The van der Waals surface area contributed by atoms with Crippen LogP contribution in [0.1, 0.15) is 16.7 Å². The molecule has 2 amide bonds. The van der Waals surface area contributed by atoms with Gasteiger partial charge in [-0.25, -0.2) is 4.79 Å². The average Bonchev–Trinajstić information content (AvgIpc) is 3.92. The highest BCUT2D eigenvalue weighted by Crippen LogP contribution is 2.46. The van der Waals surface area contributed by atoms with Gasteiger partial charge in [-0.3, -0.25) is 9.59 Å². The van der Waals surface area contributed by atoms with Crippen LogP contribution in [0.3, 0.4) is 0 Å². The molecule has 8 aromatic rings. The number of fused-ring (bicyclic) bond motifs is 7. The highest BCUT2D eigenvalue weighted by molar-refractivity contribution is 7.27. The molecule has 5 aromatic carbocycles. The minimum Gasteiger partial charge on any atom is -0.480 e. The van der Waals surface area contributed by atoms with Crippen molar-refractivity contribution in [1.82, 2.24) is 10.6 Å². The Kier molecular flexibility index (Phi) is 9.76. The second-order valence-electron chi connectivity index (χ2n) is 13.2. The van der Waals surface area contributed by atoms with Gasteiger partial charge in [0, 0.05) is 58.1 Å².